The van der Waals surface area contributed by atoms with Crippen LogP contribution >= 0.6 is 15.9 Å². The molecule has 0 spiro atoms. The van der Waals surface area contributed by atoms with E-state index < -0.39 is 5.91 Å². The number of rotatable bonds is 5. The van der Waals surface area contributed by atoms with Gasteiger partial charge in [0.1, 0.15) is 17.4 Å². The molecule has 0 atom stereocenters. The molecular formula is C23H20BrN3O2. The van der Waals surface area contributed by atoms with Crippen LogP contribution in [-0.4, -0.2) is 17.6 Å². The van der Waals surface area contributed by atoms with Crippen LogP contribution in [0.15, 0.2) is 64.6 Å². The maximum absolute atomic E-state index is 12.7. The van der Waals surface area contributed by atoms with E-state index in [1.54, 1.807) is 24.3 Å². The van der Waals surface area contributed by atoms with Crippen molar-refractivity contribution in [2.24, 2.45) is 0 Å². The summed E-state index contributed by atoms with van der Waals surface area (Å²) in [4.78, 5) is 12.7. The van der Waals surface area contributed by atoms with E-state index in [1.807, 2.05) is 56.3 Å². The minimum absolute atomic E-state index is 0.0203. The van der Waals surface area contributed by atoms with Gasteiger partial charge in [-0.3, -0.25) is 4.79 Å². The maximum Gasteiger partial charge on any atom is 0.266 e. The first-order valence-corrected chi connectivity index (χ1v) is 9.75. The Morgan fingerprint density at radius 1 is 1.17 bits per heavy atom. The Labute approximate surface area is 178 Å². The van der Waals surface area contributed by atoms with Gasteiger partial charge in [-0.1, -0.05) is 28.1 Å². The van der Waals surface area contributed by atoms with Gasteiger partial charge in [0.25, 0.3) is 5.91 Å². The van der Waals surface area contributed by atoms with Gasteiger partial charge in [-0.15, -0.1) is 0 Å². The van der Waals surface area contributed by atoms with Gasteiger partial charge < -0.3 is 14.6 Å². The average Bonchev–Trinajstić information content (AvgIpc) is 3.00. The number of amides is 1. The summed E-state index contributed by atoms with van der Waals surface area (Å²) in [6, 6.07) is 19.0. The summed E-state index contributed by atoms with van der Waals surface area (Å²) < 4.78 is 8.34. The molecule has 5 nitrogen and oxygen atoms in total. The summed E-state index contributed by atoms with van der Waals surface area (Å²) in [5, 5.41) is 12.3. The molecule has 3 rings (SSSR count). The number of halogens is 1. The molecule has 0 aliphatic heterocycles. The second kappa shape index (κ2) is 8.80. The molecule has 0 saturated carbocycles. The summed E-state index contributed by atoms with van der Waals surface area (Å²) in [7, 11) is 1.53. The lowest BCUT2D eigenvalue weighted by molar-refractivity contribution is -0.112. The number of anilines is 1. The van der Waals surface area contributed by atoms with Gasteiger partial charge in [-0.25, -0.2) is 0 Å². The van der Waals surface area contributed by atoms with E-state index >= 15 is 0 Å². The molecule has 3 aromatic rings. The number of hydrogen-bond acceptors (Lipinski definition) is 3. The monoisotopic (exact) mass is 449 g/mol. The maximum atomic E-state index is 12.7. The zero-order chi connectivity index (χ0) is 21.0. The number of nitriles is 1. The third kappa shape index (κ3) is 4.41. The third-order valence-electron chi connectivity index (χ3n) is 4.58. The molecule has 29 heavy (non-hydrogen) atoms. The fourth-order valence-electron chi connectivity index (χ4n) is 3.16. The summed E-state index contributed by atoms with van der Waals surface area (Å²) >= 11 is 3.45. The summed E-state index contributed by atoms with van der Waals surface area (Å²) in [5.41, 5.74) is 4.33. The third-order valence-corrected chi connectivity index (χ3v) is 5.10. The highest BCUT2D eigenvalue weighted by Crippen LogP contribution is 2.26. The van der Waals surface area contributed by atoms with Crippen molar-refractivity contribution in [3.63, 3.8) is 0 Å². The van der Waals surface area contributed by atoms with E-state index in [0.717, 1.165) is 27.1 Å². The van der Waals surface area contributed by atoms with Crippen molar-refractivity contribution >= 4 is 33.6 Å². The minimum Gasteiger partial charge on any atom is -0.495 e. The fourth-order valence-corrected chi connectivity index (χ4v) is 3.43. The summed E-state index contributed by atoms with van der Waals surface area (Å²) in [6.07, 6.45) is 1.61. The number of nitrogens with one attached hydrogen (secondary N) is 1. The SMILES string of the molecule is COc1ccccc1NC(=O)/C(C#N)=C/c1cc(C)n(-c2ccc(Br)cc2)c1C. The fraction of sp³-hybridized carbons (Fsp3) is 0.130. The Hall–Kier alpha value is -3.30. The van der Waals surface area contributed by atoms with Crippen molar-refractivity contribution < 1.29 is 9.53 Å². The molecule has 1 heterocycles. The zero-order valence-electron chi connectivity index (χ0n) is 16.4. The van der Waals surface area contributed by atoms with Crippen LogP contribution in [0.4, 0.5) is 5.69 Å². The van der Waals surface area contributed by atoms with Crippen molar-refractivity contribution in [1.29, 1.82) is 5.26 Å². The number of para-hydroxylation sites is 2. The standard InChI is InChI=1S/C23H20BrN3O2/c1-15-12-17(16(2)27(15)20-10-8-19(24)9-11-20)13-18(14-25)23(28)26-21-6-4-5-7-22(21)29-3/h4-13H,1-3H3,(H,26,28)/b18-13+. The number of carbonyl (C=O) groups excluding carboxylic acids is 1. The molecule has 0 saturated heterocycles. The molecule has 0 aliphatic rings. The predicted octanol–water partition coefficient (Wildman–Crippen LogP) is 5.41. The van der Waals surface area contributed by atoms with E-state index in [0.29, 0.717) is 11.4 Å². The molecule has 0 fully saturated rings. The van der Waals surface area contributed by atoms with Crippen LogP contribution in [0.25, 0.3) is 11.8 Å². The smallest absolute Gasteiger partial charge is 0.266 e. The van der Waals surface area contributed by atoms with Crippen LogP contribution in [0, 0.1) is 25.2 Å². The van der Waals surface area contributed by atoms with Gasteiger partial charge in [0, 0.05) is 21.5 Å². The van der Waals surface area contributed by atoms with Crippen LogP contribution in [0.1, 0.15) is 17.0 Å². The summed E-state index contributed by atoms with van der Waals surface area (Å²) in [6.45, 7) is 3.96. The van der Waals surface area contributed by atoms with Crippen molar-refractivity contribution in [2.75, 3.05) is 12.4 Å². The molecule has 0 aliphatic carbocycles. The van der Waals surface area contributed by atoms with Crippen LogP contribution in [0.5, 0.6) is 5.75 Å². The topological polar surface area (TPSA) is 67.0 Å². The van der Waals surface area contributed by atoms with Gasteiger partial charge in [0.15, 0.2) is 0 Å². The number of hydrogen-bond donors (Lipinski definition) is 1. The first-order valence-electron chi connectivity index (χ1n) is 8.95. The lowest BCUT2D eigenvalue weighted by atomic mass is 10.1. The molecule has 0 bridgehead atoms. The molecular weight excluding hydrogens is 430 g/mol. The lowest BCUT2D eigenvalue weighted by Gasteiger charge is -2.10. The molecule has 2 aromatic carbocycles. The Bertz CT molecular complexity index is 1120. The summed E-state index contributed by atoms with van der Waals surface area (Å²) in [5.74, 6) is 0.0528. The quantitative estimate of drug-likeness (QED) is 0.418. The number of methoxy groups -OCH3 is 1. The molecule has 1 aromatic heterocycles. The molecule has 1 N–H and O–H groups in total. The van der Waals surface area contributed by atoms with Gasteiger partial charge in [0.2, 0.25) is 0 Å². The number of carbonyl (C=O) groups is 1. The van der Waals surface area contributed by atoms with E-state index in [-0.39, 0.29) is 5.57 Å². The molecule has 1 amide bonds. The van der Waals surface area contributed by atoms with E-state index in [2.05, 4.69) is 25.8 Å². The van der Waals surface area contributed by atoms with Crippen molar-refractivity contribution in [3.8, 4) is 17.5 Å². The Morgan fingerprint density at radius 3 is 2.52 bits per heavy atom. The highest BCUT2D eigenvalue weighted by atomic mass is 79.9. The van der Waals surface area contributed by atoms with Crippen molar-refractivity contribution in [1.82, 2.24) is 4.57 Å². The Morgan fingerprint density at radius 2 is 1.86 bits per heavy atom. The van der Waals surface area contributed by atoms with Gasteiger partial charge in [-0.05, 0) is 68.0 Å². The Balaban J connectivity index is 1.93. The van der Waals surface area contributed by atoms with E-state index in [9.17, 15) is 10.1 Å². The van der Waals surface area contributed by atoms with Crippen LogP contribution in [0.3, 0.4) is 0 Å². The van der Waals surface area contributed by atoms with Crippen molar-refractivity contribution in [3.05, 3.63) is 81.6 Å². The molecule has 146 valence electrons. The van der Waals surface area contributed by atoms with Crippen molar-refractivity contribution in [2.45, 2.75) is 13.8 Å². The predicted molar refractivity (Wildman–Crippen MR) is 118 cm³/mol. The van der Waals surface area contributed by atoms with Crippen LogP contribution < -0.4 is 10.1 Å². The first-order chi connectivity index (χ1) is 13.9. The average molecular weight is 450 g/mol. The lowest BCUT2D eigenvalue weighted by Crippen LogP contribution is -2.14. The second-order valence-corrected chi connectivity index (χ2v) is 7.38. The van der Waals surface area contributed by atoms with E-state index in [1.165, 1.54) is 7.11 Å². The highest BCUT2D eigenvalue weighted by Gasteiger charge is 2.15. The highest BCUT2D eigenvalue weighted by molar-refractivity contribution is 9.10. The second-order valence-electron chi connectivity index (χ2n) is 6.46. The Kier molecular flexibility index (Phi) is 6.20. The number of benzene rings is 2. The number of nitrogens with zero attached hydrogens (tertiary/aromatic N) is 2. The zero-order valence-corrected chi connectivity index (χ0v) is 17.9. The largest absolute Gasteiger partial charge is 0.495 e. The molecule has 6 heteroatoms. The number of ether oxygens (including phenoxy) is 1. The molecule has 0 radical (unpaired) electrons. The first kappa shape index (κ1) is 20.4. The van der Waals surface area contributed by atoms with Gasteiger partial charge in [0.05, 0.1) is 12.8 Å². The number of aromatic nitrogens is 1. The minimum atomic E-state index is -0.481. The van der Waals surface area contributed by atoms with Gasteiger partial charge >= 0.3 is 0 Å². The normalized spacial score (nSPS) is 11.1. The molecule has 0 unspecified atom stereocenters. The van der Waals surface area contributed by atoms with E-state index in [4.69, 9.17) is 4.74 Å². The number of aryl methyl sites for hydroxylation is 1. The van der Waals surface area contributed by atoms with Gasteiger partial charge in [-0.2, -0.15) is 5.26 Å². The van der Waals surface area contributed by atoms with Crippen LogP contribution in [0.2, 0.25) is 0 Å². The van der Waals surface area contributed by atoms with Crippen LogP contribution in [-0.2, 0) is 4.79 Å².